The monoisotopic (exact) mass is 422 g/mol. The third kappa shape index (κ3) is 8.27. The van der Waals surface area contributed by atoms with Crippen LogP contribution in [0.3, 0.4) is 0 Å². The largest absolute Gasteiger partial charge is 0.579 e. The van der Waals surface area contributed by atoms with Gasteiger partial charge in [-0.2, -0.15) is 0 Å². The van der Waals surface area contributed by atoms with Crippen LogP contribution in [0.1, 0.15) is 34.6 Å². The number of allylic oxidation sites excluding steroid dienone is 2. The lowest BCUT2D eigenvalue weighted by molar-refractivity contribution is -0.116. The molecule has 0 radical (unpaired) electrons. The van der Waals surface area contributed by atoms with Gasteiger partial charge in [0.1, 0.15) is 0 Å². The molecule has 0 heterocycles. The van der Waals surface area contributed by atoms with E-state index in [4.69, 9.17) is 26.6 Å². The summed E-state index contributed by atoms with van der Waals surface area (Å²) in [5.41, 5.74) is 0.796. The molecule has 0 aromatic carbocycles. The zero-order chi connectivity index (χ0) is 21.7. The van der Waals surface area contributed by atoms with Crippen molar-refractivity contribution in [3.8, 4) is 0 Å². The van der Waals surface area contributed by atoms with E-state index < -0.39 is 17.6 Å². The summed E-state index contributed by atoms with van der Waals surface area (Å²) in [6.45, 7) is 17.0. The van der Waals surface area contributed by atoms with Crippen LogP contribution < -0.4 is 0 Å². The molecule has 0 atom stereocenters. The van der Waals surface area contributed by atoms with Crippen molar-refractivity contribution in [2.24, 2.45) is 0 Å². The normalized spacial score (nSPS) is 11.4. The van der Waals surface area contributed by atoms with Crippen molar-refractivity contribution < 1.29 is 36.1 Å². The standard InChI is InChI=1S/C10H20O4Si.C7H14O4Si/c1-6-12-15(13-7-2,14-8-3)10(11)9(4)5;1-6(2)7(8)12(9-3,10-4)11-5/h4,6-8H2,1-3,5H3;1H2,2-5H3. The Morgan fingerprint density at radius 2 is 0.926 bits per heavy atom. The molecule has 0 aliphatic heterocycles. The van der Waals surface area contributed by atoms with Gasteiger partial charge in [-0.3, -0.25) is 9.59 Å². The maximum atomic E-state index is 11.9. The first-order valence-electron chi connectivity index (χ1n) is 8.55. The minimum Gasteiger partial charge on any atom is -0.372 e. The van der Waals surface area contributed by atoms with Gasteiger partial charge in [-0.1, -0.05) is 13.2 Å². The van der Waals surface area contributed by atoms with E-state index in [1.807, 2.05) is 20.8 Å². The molecular formula is C17H34O8Si2. The molecular weight excluding hydrogens is 388 g/mol. The molecule has 0 unspecified atom stereocenters. The van der Waals surface area contributed by atoms with Crippen molar-refractivity contribution in [3.63, 3.8) is 0 Å². The van der Waals surface area contributed by atoms with Crippen LogP contribution in [0.25, 0.3) is 0 Å². The van der Waals surface area contributed by atoms with Crippen LogP contribution in [0.4, 0.5) is 0 Å². The molecule has 0 aliphatic carbocycles. The number of carbonyl (C=O) groups is 2. The highest BCUT2D eigenvalue weighted by Crippen LogP contribution is 2.15. The van der Waals surface area contributed by atoms with Crippen molar-refractivity contribution in [1.82, 2.24) is 0 Å². The quantitative estimate of drug-likeness (QED) is 0.330. The van der Waals surface area contributed by atoms with Crippen molar-refractivity contribution in [1.29, 1.82) is 0 Å². The Bertz CT molecular complexity index is 478. The minimum absolute atomic E-state index is 0.229. The predicted octanol–water partition coefficient (Wildman–Crippen LogP) is 2.27. The van der Waals surface area contributed by atoms with Gasteiger partial charge in [0.15, 0.2) is 0 Å². The van der Waals surface area contributed by atoms with Gasteiger partial charge in [0.2, 0.25) is 10.8 Å². The first kappa shape index (κ1) is 28.2. The van der Waals surface area contributed by atoms with E-state index in [1.54, 1.807) is 13.8 Å². The third-order valence-electron chi connectivity index (χ3n) is 3.14. The molecule has 0 saturated heterocycles. The second-order valence-electron chi connectivity index (χ2n) is 5.24. The number of carbonyl (C=O) groups excluding carboxylic acids is 2. The lowest BCUT2D eigenvalue weighted by atomic mass is 10.4. The molecule has 158 valence electrons. The van der Waals surface area contributed by atoms with E-state index in [2.05, 4.69) is 13.2 Å². The summed E-state index contributed by atoms with van der Waals surface area (Å²) in [5, 5.41) is -0.511. The average Bonchev–Trinajstić information content (AvgIpc) is 2.63. The van der Waals surface area contributed by atoms with Crippen molar-refractivity contribution in [2.75, 3.05) is 41.2 Å². The van der Waals surface area contributed by atoms with Gasteiger partial charge in [0.05, 0.1) is 0 Å². The van der Waals surface area contributed by atoms with E-state index in [1.165, 1.54) is 21.3 Å². The van der Waals surface area contributed by atoms with Crippen molar-refractivity contribution in [2.45, 2.75) is 34.6 Å². The third-order valence-corrected chi connectivity index (χ3v) is 8.73. The molecule has 0 aromatic heterocycles. The average molecular weight is 423 g/mol. The molecule has 0 aromatic rings. The van der Waals surface area contributed by atoms with Gasteiger partial charge < -0.3 is 26.6 Å². The smallest absolute Gasteiger partial charge is 0.372 e. The topological polar surface area (TPSA) is 89.5 Å². The summed E-state index contributed by atoms with van der Waals surface area (Å²) < 4.78 is 31.1. The first-order valence-corrected chi connectivity index (χ1v) is 12.0. The first-order chi connectivity index (χ1) is 12.6. The maximum absolute atomic E-state index is 11.9. The Hall–Kier alpha value is -0.986. The molecule has 8 nitrogen and oxygen atoms in total. The molecule has 0 saturated carbocycles. The van der Waals surface area contributed by atoms with Gasteiger partial charge in [-0.15, -0.1) is 0 Å². The molecule has 0 amide bonds. The van der Waals surface area contributed by atoms with Crippen molar-refractivity contribution >= 4 is 28.4 Å². The Kier molecular flexibility index (Phi) is 14.7. The van der Waals surface area contributed by atoms with Crippen LogP contribution in [0.15, 0.2) is 24.3 Å². The SMILES string of the molecule is C=C(C)C(=O)[Si](OC)(OC)OC.C=C(C)C(=O)[Si](OCC)(OCC)OCC. The van der Waals surface area contributed by atoms with Crippen LogP contribution in [-0.4, -0.2) is 69.6 Å². The Morgan fingerprint density at radius 1 is 0.667 bits per heavy atom. The van der Waals surface area contributed by atoms with Gasteiger partial charge in [0.25, 0.3) is 0 Å². The zero-order valence-corrected chi connectivity index (χ0v) is 19.8. The summed E-state index contributed by atoms with van der Waals surface area (Å²) in [6.07, 6.45) is 0. The highest BCUT2D eigenvalue weighted by atomic mass is 28.4. The Labute approximate surface area is 165 Å². The molecule has 0 bridgehead atoms. The molecule has 0 spiro atoms. The van der Waals surface area contributed by atoms with E-state index in [9.17, 15) is 9.59 Å². The van der Waals surface area contributed by atoms with E-state index in [0.717, 1.165) is 0 Å². The summed E-state index contributed by atoms with van der Waals surface area (Å²) in [4.78, 5) is 23.4. The van der Waals surface area contributed by atoms with Gasteiger partial charge in [0, 0.05) is 41.2 Å². The lowest BCUT2D eigenvalue weighted by Gasteiger charge is -2.26. The van der Waals surface area contributed by atoms with E-state index in [0.29, 0.717) is 31.0 Å². The van der Waals surface area contributed by atoms with Gasteiger partial charge in [-0.25, -0.2) is 0 Å². The van der Waals surface area contributed by atoms with Gasteiger partial charge in [-0.05, 0) is 45.8 Å². The molecule has 27 heavy (non-hydrogen) atoms. The van der Waals surface area contributed by atoms with Crippen LogP contribution >= 0.6 is 0 Å². The highest BCUT2D eigenvalue weighted by Gasteiger charge is 2.50. The molecule has 10 heteroatoms. The minimum atomic E-state index is -3.20. The van der Waals surface area contributed by atoms with Crippen LogP contribution in [0.2, 0.25) is 0 Å². The summed E-state index contributed by atoms with van der Waals surface area (Å²) >= 11 is 0. The summed E-state index contributed by atoms with van der Waals surface area (Å²) in [7, 11) is -2.16. The fourth-order valence-corrected chi connectivity index (χ4v) is 5.83. The fraction of sp³-hybridized carbons (Fsp3) is 0.647. The fourth-order valence-electron chi connectivity index (χ4n) is 1.94. The number of rotatable bonds is 13. The Morgan fingerprint density at radius 3 is 1.07 bits per heavy atom. The molecule has 0 rings (SSSR count). The second kappa shape index (κ2) is 14.1. The summed E-state index contributed by atoms with van der Waals surface area (Å²) in [5.74, 6) is 0. The van der Waals surface area contributed by atoms with Gasteiger partial charge >= 0.3 is 17.6 Å². The van der Waals surface area contributed by atoms with Crippen LogP contribution in [-0.2, 0) is 36.1 Å². The van der Waals surface area contributed by atoms with Crippen molar-refractivity contribution in [3.05, 3.63) is 24.3 Å². The molecule has 0 fully saturated rings. The second-order valence-corrected chi connectivity index (χ2v) is 10.5. The maximum Gasteiger partial charge on any atom is 0.579 e. The highest BCUT2D eigenvalue weighted by molar-refractivity contribution is 6.95. The van der Waals surface area contributed by atoms with Crippen LogP contribution in [0.5, 0.6) is 0 Å². The lowest BCUT2D eigenvalue weighted by Crippen LogP contribution is -2.54. The molecule has 0 aliphatic rings. The Balaban J connectivity index is 0. The number of hydrogen-bond acceptors (Lipinski definition) is 8. The zero-order valence-electron chi connectivity index (χ0n) is 17.8. The summed E-state index contributed by atoms with van der Waals surface area (Å²) in [6, 6.07) is 0. The molecule has 0 N–H and O–H groups in total. The van der Waals surface area contributed by atoms with E-state index >= 15 is 0 Å². The number of hydrogen-bond donors (Lipinski definition) is 0. The predicted molar refractivity (Wildman–Crippen MR) is 107 cm³/mol. The van der Waals surface area contributed by atoms with Crippen LogP contribution in [0, 0.1) is 0 Å². The van der Waals surface area contributed by atoms with E-state index in [-0.39, 0.29) is 10.8 Å².